The van der Waals surface area contributed by atoms with E-state index in [-0.39, 0.29) is 6.04 Å². The number of nitrogens with zero attached hydrogens (tertiary/aromatic N) is 1. The molecule has 1 aliphatic carbocycles. The minimum Gasteiger partial charge on any atom is -0.379 e. The van der Waals surface area contributed by atoms with Crippen LogP contribution in [0.2, 0.25) is 0 Å². The van der Waals surface area contributed by atoms with Gasteiger partial charge >= 0.3 is 0 Å². The van der Waals surface area contributed by atoms with Crippen LogP contribution in [0.25, 0.3) is 0 Å². The van der Waals surface area contributed by atoms with Crippen LogP contribution in [-0.2, 0) is 9.47 Å². The molecular weight excluding hydrogens is 290 g/mol. The minimum absolute atomic E-state index is 0.212. The zero-order valence-corrected chi connectivity index (χ0v) is 15.8. The molecule has 0 heterocycles. The van der Waals surface area contributed by atoms with Crippen LogP contribution in [0.3, 0.4) is 0 Å². The Morgan fingerprint density at radius 1 is 0.870 bits per heavy atom. The Hall–Kier alpha value is -0.480. The molecule has 0 amide bonds. The second kappa shape index (κ2) is 12.0. The largest absolute Gasteiger partial charge is 0.379 e. The lowest BCUT2D eigenvalue weighted by atomic mass is 9.81. The van der Waals surface area contributed by atoms with Crippen LogP contribution >= 0.6 is 0 Å². The molecule has 1 saturated carbocycles. The van der Waals surface area contributed by atoms with Crippen molar-refractivity contribution in [2.75, 3.05) is 33.0 Å². The third-order valence-electron chi connectivity index (χ3n) is 4.70. The van der Waals surface area contributed by atoms with Crippen molar-refractivity contribution in [1.82, 2.24) is 0 Å². The normalized spacial score (nSPS) is 22.0. The number of hydrogen-bond acceptors (Lipinski definition) is 3. The van der Waals surface area contributed by atoms with Gasteiger partial charge in [0.25, 0.3) is 0 Å². The van der Waals surface area contributed by atoms with E-state index in [0.717, 1.165) is 37.7 Å². The molecule has 0 aromatic heterocycles. The van der Waals surface area contributed by atoms with Gasteiger partial charge < -0.3 is 9.47 Å². The second-order valence-corrected chi connectivity index (χ2v) is 7.85. The van der Waals surface area contributed by atoms with Crippen LogP contribution in [-0.4, -0.2) is 43.8 Å². The van der Waals surface area contributed by atoms with Gasteiger partial charge in [-0.05, 0) is 43.4 Å². The molecule has 1 rings (SSSR count). The average molecular weight is 329 g/mol. The molecular formula is C19H38NO3+. The topological polar surface area (TPSA) is 38.5 Å². The highest BCUT2D eigenvalue weighted by atomic mass is 16.5. The molecule has 0 bridgehead atoms. The van der Waals surface area contributed by atoms with E-state index in [2.05, 4.69) is 27.7 Å². The molecule has 1 fully saturated rings. The Morgan fingerprint density at radius 3 is 2.04 bits per heavy atom. The van der Waals surface area contributed by atoms with Gasteiger partial charge in [0.15, 0.2) is 0 Å². The quantitative estimate of drug-likeness (QED) is 0.392. The molecule has 1 aliphatic rings. The van der Waals surface area contributed by atoms with Crippen LogP contribution in [0.15, 0.2) is 0 Å². The van der Waals surface area contributed by atoms with E-state index in [1.807, 2.05) is 0 Å². The second-order valence-electron chi connectivity index (χ2n) is 7.85. The van der Waals surface area contributed by atoms with E-state index < -0.39 is 0 Å². The molecule has 0 spiro atoms. The summed E-state index contributed by atoms with van der Waals surface area (Å²) in [5.74, 6) is 2.29. The zero-order chi connectivity index (χ0) is 17.1. The summed E-state index contributed by atoms with van der Waals surface area (Å²) in [4.78, 5) is 12.1. The van der Waals surface area contributed by atoms with Crippen molar-refractivity contribution >= 4 is 0 Å². The molecule has 0 unspecified atom stereocenters. The van der Waals surface area contributed by atoms with E-state index in [1.165, 1.54) is 24.0 Å². The van der Waals surface area contributed by atoms with Crippen molar-refractivity contribution < 1.29 is 14.2 Å². The van der Waals surface area contributed by atoms with Gasteiger partial charge in [-0.1, -0.05) is 27.7 Å². The van der Waals surface area contributed by atoms with E-state index in [1.54, 1.807) is 0 Å². The lowest BCUT2D eigenvalue weighted by Gasteiger charge is -2.25. The SMILES string of the molecule is CC(C)CCOCCOCC[N+](=O)C1CCC(CC(C)C)CC1. The lowest BCUT2D eigenvalue weighted by molar-refractivity contribution is -0.592. The smallest absolute Gasteiger partial charge is 0.215 e. The fourth-order valence-electron chi connectivity index (χ4n) is 3.31. The van der Waals surface area contributed by atoms with E-state index in [4.69, 9.17) is 9.47 Å². The molecule has 0 aromatic carbocycles. The van der Waals surface area contributed by atoms with Crippen LogP contribution in [0.4, 0.5) is 0 Å². The van der Waals surface area contributed by atoms with Gasteiger partial charge in [0.05, 0.1) is 13.2 Å². The van der Waals surface area contributed by atoms with Gasteiger partial charge in [-0.3, -0.25) is 0 Å². The number of ether oxygens (including phenoxy) is 2. The number of rotatable bonds is 12. The molecule has 23 heavy (non-hydrogen) atoms. The summed E-state index contributed by atoms with van der Waals surface area (Å²) < 4.78 is 12.3. The summed E-state index contributed by atoms with van der Waals surface area (Å²) >= 11 is 0. The van der Waals surface area contributed by atoms with Crippen LogP contribution in [0, 0.1) is 22.7 Å². The summed E-state index contributed by atoms with van der Waals surface area (Å²) in [6.45, 7) is 12.0. The molecule has 4 heteroatoms. The van der Waals surface area contributed by atoms with Gasteiger partial charge in [-0.2, -0.15) is 0 Å². The molecule has 0 saturated heterocycles. The molecule has 4 nitrogen and oxygen atoms in total. The van der Waals surface area contributed by atoms with Crippen LogP contribution in [0.5, 0.6) is 0 Å². The fraction of sp³-hybridized carbons (Fsp3) is 1.00. The summed E-state index contributed by atoms with van der Waals surface area (Å²) in [6.07, 6.45) is 6.94. The first-order valence-electron chi connectivity index (χ1n) is 9.58. The molecule has 0 atom stereocenters. The molecule has 0 N–H and O–H groups in total. The van der Waals surface area contributed by atoms with Crippen LogP contribution < -0.4 is 0 Å². The van der Waals surface area contributed by atoms with Gasteiger partial charge in [0, 0.05) is 29.1 Å². The highest BCUT2D eigenvalue weighted by molar-refractivity contribution is 4.72. The Kier molecular flexibility index (Phi) is 10.7. The Balaban J connectivity index is 1.98. The standard InChI is InChI=1S/C19H38NO3/c1-16(2)9-11-22-13-14-23-12-10-20(21)19-7-5-18(6-8-19)15-17(3)4/h16-19H,5-15H2,1-4H3/q+1. The maximum absolute atomic E-state index is 12.1. The van der Waals surface area contributed by atoms with E-state index in [9.17, 15) is 4.91 Å². The number of nitroso groups, excluding NO2 is 1. The van der Waals surface area contributed by atoms with Gasteiger partial charge in [0.1, 0.15) is 6.61 Å². The van der Waals surface area contributed by atoms with E-state index >= 15 is 0 Å². The Morgan fingerprint density at radius 2 is 1.48 bits per heavy atom. The van der Waals surface area contributed by atoms with Gasteiger partial charge in [-0.15, -0.1) is 0 Å². The van der Waals surface area contributed by atoms with Crippen molar-refractivity contribution in [3.05, 3.63) is 4.91 Å². The third kappa shape index (κ3) is 10.1. The fourth-order valence-corrected chi connectivity index (χ4v) is 3.31. The van der Waals surface area contributed by atoms with Gasteiger partial charge in [0.2, 0.25) is 12.6 Å². The highest BCUT2D eigenvalue weighted by Gasteiger charge is 2.31. The first-order valence-corrected chi connectivity index (χ1v) is 9.58. The van der Waals surface area contributed by atoms with Crippen LogP contribution in [0.1, 0.15) is 66.2 Å². The Labute approximate surface area is 142 Å². The molecule has 136 valence electrons. The van der Waals surface area contributed by atoms with Crippen molar-refractivity contribution in [2.24, 2.45) is 17.8 Å². The zero-order valence-electron chi connectivity index (χ0n) is 15.8. The maximum Gasteiger partial charge on any atom is 0.215 e. The lowest BCUT2D eigenvalue weighted by Crippen LogP contribution is -2.32. The molecule has 0 aliphatic heterocycles. The van der Waals surface area contributed by atoms with Crippen molar-refractivity contribution in [3.63, 3.8) is 0 Å². The van der Waals surface area contributed by atoms with E-state index in [0.29, 0.717) is 32.3 Å². The Bertz CT molecular complexity index is 310. The van der Waals surface area contributed by atoms with Crippen molar-refractivity contribution in [1.29, 1.82) is 0 Å². The monoisotopic (exact) mass is 328 g/mol. The maximum atomic E-state index is 12.1. The third-order valence-corrected chi connectivity index (χ3v) is 4.70. The van der Waals surface area contributed by atoms with Crippen molar-refractivity contribution in [2.45, 2.75) is 72.3 Å². The minimum atomic E-state index is 0.212. The summed E-state index contributed by atoms with van der Waals surface area (Å²) in [7, 11) is 0. The molecule has 0 aromatic rings. The number of hydrogen-bond donors (Lipinski definition) is 0. The van der Waals surface area contributed by atoms with Gasteiger partial charge in [-0.25, -0.2) is 0 Å². The van der Waals surface area contributed by atoms with Crippen molar-refractivity contribution in [3.8, 4) is 0 Å². The molecule has 0 radical (unpaired) electrons. The summed E-state index contributed by atoms with van der Waals surface area (Å²) in [5, 5.41) is 0. The highest BCUT2D eigenvalue weighted by Crippen LogP contribution is 2.30. The summed E-state index contributed by atoms with van der Waals surface area (Å²) in [6, 6.07) is 0.212. The average Bonchev–Trinajstić information content (AvgIpc) is 2.49. The predicted molar refractivity (Wildman–Crippen MR) is 94.8 cm³/mol. The summed E-state index contributed by atoms with van der Waals surface area (Å²) in [5.41, 5.74) is 0. The predicted octanol–water partition coefficient (Wildman–Crippen LogP) is 4.45. The first kappa shape index (κ1) is 20.6. The first-order chi connectivity index (χ1) is 11.0.